The summed E-state index contributed by atoms with van der Waals surface area (Å²) in [6.45, 7) is 0.747. The fraction of sp³-hybridized carbons (Fsp3) is 0.700. The number of nitriles is 1. The molecule has 0 aliphatic heterocycles. The summed E-state index contributed by atoms with van der Waals surface area (Å²) in [4.78, 5) is 0. The molecule has 0 fully saturated rings. The van der Waals surface area contributed by atoms with Gasteiger partial charge in [-0.25, -0.2) is 0 Å². The fourth-order valence-electron chi connectivity index (χ4n) is 1.45. The number of rotatable bonds is 5. The van der Waals surface area contributed by atoms with Crippen LogP contribution in [0.5, 0.6) is 0 Å². The van der Waals surface area contributed by atoms with E-state index in [0.29, 0.717) is 0 Å². The Kier molecular flexibility index (Phi) is 3.83. The summed E-state index contributed by atoms with van der Waals surface area (Å²) in [5.41, 5.74) is 6.74. The molecule has 2 N–H and O–H groups in total. The van der Waals surface area contributed by atoms with Gasteiger partial charge in [0.1, 0.15) is 0 Å². The summed E-state index contributed by atoms with van der Waals surface area (Å²) in [6, 6.07) is 2.35. The quantitative estimate of drug-likeness (QED) is 0.499. The molecule has 0 heterocycles. The third-order valence-corrected chi connectivity index (χ3v) is 2.39. The second kappa shape index (κ2) is 4.95. The Balaban J connectivity index is 2.22. The molecule has 0 saturated heterocycles. The fourth-order valence-corrected chi connectivity index (χ4v) is 1.45. The second-order valence-electron chi connectivity index (χ2n) is 3.28. The monoisotopic (exact) mass is 164 g/mol. The van der Waals surface area contributed by atoms with Crippen LogP contribution in [-0.4, -0.2) is 6.54 Å². The summed E-state index contributed by atoms with van der Waals surface area (Å²) in [5.74, 6) is 0.185. The van der Waals surface area contributed by atoms with Crippen molar-refractivity contribution in [2.75, 3.05) is 6.54 Å². The van der Waals surface area contributed by atoms with Crippen molar-refractivity contribution in [3.63, 3.8) is 0 Å². The molecule has 0 aromatic heterocycles. The first-order valence-corrected chi connectivity index (χ1v) is 4.67. The van der Waals surface area contributed by atoms with Gasteiger partial charge in [0.25, 0.3) is 0 Å². The summed E-state index contributed by atoms with van der Waals surface area (Å²) in [7, 11) is 0. The Morgan fingerprint density at radius 1 is 1.58 bits per heavy atom. The Hall–Kier alpha value is -0.810. The lowest BCUT2D eigenvalue weighted by Crippen LogP contribution is -2.08. The minimum Gasteiger partial charge on any atom is -0.330 e. The zero-order valence-electron chi connectivity index (χ0n) is 7.42. The topological polar surface area (TPSA) is 49.8 Å². The van der Waals surface area contributed by atoms with Crippen molar-refractivity contribution < 1.29 is 0 Å². The Morgan fingerprint density at radius 3 is 2.75 bits per heavy atom. The predicted molar refractivity (Wildman–Crippen MR) is 49.3 cm³/mol. The average Bonchev–Trinajstić information content (AvgIpc) is 1.99. The van der Waals surface area contributed by atoms with Gasteiger partial charge in [-0.2, -0.15) is 5.26 Å². The molecule has 12 heavy (non-hydrogen) atoms. The van der Waals surface area contributed by atoms with E-state index < -0.39 is 0 Å². The third-order valence-electron chi connectivity index (χ3n) is 2.39. The van der Waals surface area contributed by atoms with E-state index >= 15 is 0 Å². The highest BCUT2D eigenvalue weighted by Gasteiger charge is 2.16. The molecule has 1 atom stereocenters. The van der Waals surface area contributed by atoms with Crippen LogP contribution in [0.1, 0.15) is 32.1 Å². The standard InChI is InChI=1S/C10H16N2/c11-7-2-1-4-10(8-12)9-5-3-6-9/h5,10H,1-4,6-7,11H2. The first kappa shape index (κ1) is 9.28. The van der Waals surface area contributed by atoms with Crippen molar-refractivity contribution in [2.24, 2.45) is 11.7 Å². The van der Waals surface area contributed by atoms with Crippen LogP contribution in [0.25, 0.3) is 0 Å². The number of unbranched alkanes of at least 4 members (excludes halogenated alkanes) is 1. The Bertz CT molecular complexity index is 200. The molecule has 0 aromatic carbocycles. The highest BCUT2D eigenvalue weighted by molar-refractivity contribution is 5.21. The van der Waals surface area contributed by atoms with Gasteiger partial charge in [-0.15, -0.1) is 0 Å². The van der Waals surface area contributed by atoms with Crippen LogP contribution in [0.3, 0.4) is 0 Å². The van der Waals surface area contributed by atoms with Crippen molar-refractivity contribution >= 4 is 0 Å². The molecular formula is C10H16N2. The number of nitrogens with zero attached hydrogens (tertiary/aromatic N) is 1. The van der Waals surface area contributed by atoms with Crippen LogP contribution >= 0.6 is 0 Å². The van der Waals surface area contributed by atoms with Gasteiger partial charge in [0, 0.05) is 0 Å². The molecule has 0 aromatic rings. The van der Waals surface area contributed by atoms with Crippen LogP contribution in [0.2, 0.25) is 0 Å². The molecule has 0 radical (unpaired) electrons. The summed E-state index contributed by atoms with van der Waals surface area (Å²) < 4.78 is 0. The van der Waals surface area contributed by atoms with E-state index in [1.807, 2.05) is 0 Å². The van der Waals surface area contributed by atoms with Crippen LogP contribution in [-0.2, 0) is 0 Å². The first-order chi connectivity index (χ1) is 5.88. The minimum absolute atomic E-state index is 0.185. The van der Waals surface area contributed by atoms with Crippen LogP contribution < -0.4 is 5.73 Å². The zero-order valence-corrected chi connectivity index (χ0v) is 7.42. The van der Waals surface area contributed by atoms with Gasteiger partial charge in [0.2, 0.25) is 0 Å². The van der Waals surface area contributed by atoms with Gasteiger partial charge < -0.3 is 5.73 Å². The highest BCUT2D eigenvalue weighted by Crippen LogP contribution is 2.28. The molecule has 0 saturated carbocycles. The van der Waals surface area contributed by atoms with E-state index in [2.05, 4.69) is 12.1 Å². The lowest BCUT2D eigenvalue weighted by molar-refractivity contribution is 0.577. The Labute approximate surface area is 74.1 Å². The lowest BCUT2D eigenvalue weighted by Gasteiger charge is -2.19. The number of nitrogens with two attached hydrogens (primary N) is 1. The maximum atomic E-state index is 8.84. The number of hydrogen-bond donors (Lipinski definition) is 1. The van der Waals surface area contributed by atoms with Gasteiger partial charge in [-0.3, -0.25) is 0 Å². The molecule has 1 unspecified atom stereocenters. The molecule has 1 rings (SSSR count). The Morgan fingerprint density at radius 2 is 2.33 bits per heavy atom. The number of hydrogen-bond acceptors (Lipinski definition) is 2. The van der Waals surface area contributed by atoms with Gasteiger partial charge in [-0.1, -0.05) is 18.1 Å². The van der Waals surface area contributed by atoms with E-state index in [0.717, 1.165) is 32.2 Å². The van der Waals surface area contributed by atoms with Gasteiger partial charge in [-0.05, 0) is 32.2 Å². The van der Waals surface area contributed by atoms with Crippen molar-refractivity contribution in [1.82, 2.24) is 0 Å². The minimum atomic E-state index is 0.185. The maximum absolute atomic E-state index is 8.84. The summed E-state index contributed by atoms with van der Waals surface area (Å²) in [6.07, 6.45) is 7.64. The van der Waals surface area contributed by atoms with Crippen molar-refractivity contribution in [2.45, 2.75) is 32.1 Å². The van der Waals surface area contributed by atoms with E-state index in [-0.39, 0.29) is 5.92 Å². The molecule has 66 valence electrons. The third kappa shape index (κ3) is 2.35. The second-order valence-corrected chi connectivity index (χ2v) is 3.28. The van der Waals surface area contributed by atoms with Crippen molar-refractivity contribution in [3.05, 3.63) is 11.6 Å². The molecule has 0 amide bonds. The predicted octanol–water partition coefficient (Wildman–Crippen LogP) is 1.98. The highest BCUT2D eigenvalue weighted by atomic mass is 14.5. The van der Waals surface area contributed by atoms with Gasteiger partial charge in [0.05, 0.1) is 12.0 Å². The summed E-state index contributed by atoms with van der Waals surface area (Å²) >= 11 is 0. The first-order valence-electron chi connectivity index (χ1n) is 4.67. The smallest absolute Gasteiger partial charge is 0.0700 e. The lowest BCUT2D eigenvalue weighted by atomic mass is 9.85. The van der Waals surface area contributed by atoms with E-state index in [1.165, 1.54) is 12.0 Å². The number of allylic oxidation sites excluding steroid dienone is 2. The molecule has 1 aliphatic carbocycles. The van der Waals surface area contributed by atoms with Gasteiger partial charge in [0.15, 0.2) is 0 Å². The molecule has 2 nitrogen and oxygen atoms in total. The van der Waals surface area contributed by atoms with Crippen LogP contribution in [0, 0.1) is 17.2 Å². The molecule has 0 spiro atoms. The van der Waals surface area contributed by atoms with Crippen molar-refractivity contribution in [3.8, 4) is 6.07 Å². The van der Waals surface area contributed by atoms with E-state index in [1.54, 1.807) is 0 Å². The maximum Gasteiger partial charge on any atom is 0.0700 e. The molecule has 2 heteroatoms. The van der Waals surface area contributed by atoms with Crippen LogP contribution in [0.15, 0.2) is 11.6 Å². The largest absolute Gasteiger partial charge is 0.330 e. The zero-order chi connectivity index (χ0) is 8.81. The van der Waals surface area contributed by atoms with E-state index in [9.17, 15) is 0 Å². The SMILES string of the molecule is N#CC(CCCCN)C1=CCC1. The van der Waals surface area contributed by atoms with Crippen LogP contribution in [0.4, 0.5) is 0 Å². The average molecular weight is 164 g/mol. The normalized spacial score (nSPS) is 17.5. The molecule has 0 bridgehead atoms. The summed E-state index contributed by atoms with van der Waals surface area (Å²) in [5, 5.41) is 8.84. The van der Waals surface area contributed by atoms with Crippen molar-refractivity contribution in [1.29, 1.82) is 5.26 Å². The molecule has 1 aliphatic rings. The van der Waals surface area contributed by atoms with Gasteiger partial charge >= 0.3 is 0 Å². The van der Waals surface area contributed by atoms with E-state index in [4.69, 9.17) is 11.0 Å². The molecular weight excluding hydrogens is 148 g/mol.